The molecule has 4 heteroatoms. The number of nitrogens with one attached hydrogen (secondary N) is 1. The Bertz CT molecular complexity index is 954. The Labute approximate surface area is 164 Å². The van der Waals surface area contributed by atoms with Crippen LogP contribution in [0.25, 0.3) is 10.9 Å². The molecule has 3 aromatic rings. The quantitative estimate of drug-likeness (QED) is 0.656. The van der Waals surface area contributed by atoms with Crippen molar-refractivity contribution in [2.45, 2.75) is 31.1 Å². The van der Waals surface area contributed by atoms with E-state index in [9.17, 15) is 4.79 Å². The zero-order valence-corrected chi connectivity index (χ0v) is 16.0. The molecule has 138 valence electrons. The maximum atomic E-state index is 12.9. The molecule has 1 aliphatic carbocycles. The molecule has 1 saturated carbocycles. The van der Waals surface area contributed by atoms with Crippen molar-refractivity contribution in [1.29, 1.82) is 0 Å². The number of piperidine rings is 1. The first-order valence-corrected chi connectivity index (χ1v) is 10.2. The van der Waals surface area contributed by atoms with Crippen LogP contribution in [-0.4, -0.2) is 28.9 Å². The average molecular weight is 379 g/mol. The summed E-state index contributed by atoms with van der Waals surface area (Å²) >= 11 is 6.31. The van der Waals surface area contributed by atoms with Crippen LogP contribution in [0.1, 0.15) is 42.4 Å². The van der Waals surface area contributed by atoms with Gasteiger partial charge in [0.2, 0.25) is 5.91 Å². The molecule has 2 unspecified atom stereocenters. The Morgan fingerprint density at radius 2 is 1.78 bits per heavy atom. The molecule has 0 bridgehead atoms. The van der Waals surface area contributed by atoms with Gasteiger partial charge < -0.3 is 9.88 Å². The van der Waals surface area contributed by atoms with E-state index in [0.717, 1.165) is 42.9 Å². The largest absolute Gasteiger partial charge is 0.358 e. The van der Waals surface area contributed by atoms with Crippen LogP contribution in [0.3, 0.4) is 0 Å². The van der Waals surface area contributed by atoms with Crippen molar-refractivity contribution in [2.75, 3.05) is 13.1 Å². The first kappa shape index (κ1) is 16.9. The van der Waals surface area contributed by atoms with Gasteiger partial charge in [0, 0.05) is 41.2 Å². The van der Waals surface area contributed by atoms with Gasteiger partial charge in [-0.2, -0.15) is 0 Å². The highest BCUT2D eigenvalue weighted by Gasteiger charge is 2.46. The molecular weight excluding hydrogens is 356 g/mol. The van der Waals surface area contributed by atoms with E-state index in [1.54, 1.807) is 0 Å². The molecule has 0 radical (unpaired) electrons. The summed E-state index contributed by atoms with van der Waals surface area (Å²) in [5, 5.41) is 2.06. The number of H-pyrrole nitrogens is 1. The highest BCUT2D eigenvalue weighted by molar-refractivity contribution is 6.31. The molecule has 1 amide bonds. The SMILES string of the molecule is O=C(C1CC1c1ccccc1Cl)N1CCC(c2cc3ccccc3[nH]2)CC1. The van der Waals surface area contributed by atoms with Gasteiger partial charge in [0.15, 0.2) is 0 Å². The van der Waals surface area contributed by atoms with Gasteiger partial charge in [0.05, 0.1) is 0 Å². The minimum Gasteiger partial charge on any atom is -0.358 e. The van der Waals surface area contributed by atoms with Crippen LogP contribution in [0.2, 0.25) is 5.02 Å². The lowest BCUT2D eigenvalue weighted by Gasteiger charge is -2.32. The minimum atomic E-state index is 0.120. The number of fused-ring (bicyclic) bond motifs is 1. The fourth-order valence-electron chi connectivity index (χ4n) is 4.55. The normalized spacial score (nSPS) is 22.9. The van der Waals surface area contributed by atoms with Gasteiger partial charge in [-0.05, 0) is 54.3 Å². The first-order valence-electron chi connectivity index (χ1n) is 9.81. The summed E-state index contributed by atoms with van der Waals surface area (Å²) in [6.07, 6.45) is 2.99. The third-order valence-corrected chi connectivity index (χ3v) is 6.55. The van der Waals surface area contributed by atoms with Crippen LogP contribution in [0.15, 0.2) is 54.6 Å². The lowest BCUT2D eigenvalue weighted by molar-refractivity contribution is -0.133. The first-order chi connectivity index (χ1) is 13.2. The Morgan fingerprint density at radius 3 is 2.56 bits per heavy atom. The topological polar surface area (TPSA) is 36.1 Å². The number of carbonyl (C=O) groups is 1. The minimum absolute atomic E-state index is 0.120. The van der Waals surface area contributed by atoms with Crippen molar-refractivity contribution < 1.29 is 4.79 Å². The standard InChI is InChI=1S/C23H23ClN2O/c24-20-7-3-2-6-17(20)18-14-19(18)23(27)26-11-9-15(10-12-26)22-13-16-5-1-4-8-21(16)25-22/h1-8,13,15,18-19,25H,9-12,14H2. The average Bonchev–Trinajstić information content (AvgIpc) is 3.37. The van der Waals surface area contributed by atoms with E-state index in [0.29, 0.717) is 17.7 Å². The van der Waals surface area contributed by atoms with Gasteiger partial charge in [0.25, 0.3) is 0 Å². The van der Waals surface area contributed by atoms with Crippen molar-refractivity contribution >= 4 is 28.4 Å². The molecule has 2 aliphatic rings. The monoisotopic (exact) mass is 378 g/mol. The number of benzene rings is 2. The van der Waals surface area contributed by atoms with Crippen LogP contribution in [-0.2, 0) is 4.79 Å². The van der Waals surface area contributed by atoms with E-state index in [1.165, 1.54) is 16.6 Å². The van der Waals surface area contributed by atoms with Gasteiger partial charge in [-0.1, -0.05) is 48.0 Å². The molecule has 1 aliphatic heterocycles. The molecule has 0 spiro atoms. The zero-order chi connectivity index (χ0) is 18.4. The van der Waals surface area contributed by atoms with Crippen molar-refractivity contribution in [3.05, 3.63) is 70.9 Å². The van der Waals surface area contributed by atoms with Gasteiger partial charge in [-0.15, -0.1) is 0 Å². The second kappa shape index (κ2) is 6.72. The number of amides is 1. The van der Waals surface area contributed by atoms with Crippen LogP contribution >= 0.6 is 11.6 Å². The third kappa shape index (κ3) is 3.14. The number of aromatic amines is 1. The second-order valence-corrected chi connectivity index (χ2v) is 8.29. The van der Waals surface area contributed by atoms with Crippen LogP contribution in [0.4, 0.5) is 0 Å². The summed E-state index contributed by atoms with van der Waals surface area (Å²) < 4.78 is 0. The van der Waals surface area contributed by atoms with E-state index < -0.39 is 0 Å². The Morgan fingerprint density at radius 1 is 1.04 bits per heavy atom. The number of aromatic nitrogens is 1. The van der Waals surface area contributed by atoms with Gasteiger partial charge in [-0.25, -0.2) is 0 Å². The van der Waals surface area contributed by atoms with E-state index in [1.807, 2.05) is 18.2 Å². The molecule has 1 saturated heterocycles. The fraction of sp³-hybridized carbons (Fsp3) is 0.348. The fourth-order valence-corrected chi connectivity index (χ4v) is 4.82. The smallest absolute Gasteiger partial charge is 0.226 e. The number of hydrogen-bond acceptors (Lipinski definition) is 1. The summed E-state index contributed by atoms with van der Waals surface area (Å²) in [6.45, 7) is 1.70. The Kier molecular flexibility index (Phi) is 4.20. The second-order valence-electron chi connectivity index (χ2n) is 7.88. The zero-order valence-electron chi connectivity index (χ0n) is 15.2. The molecule has 2 fully saturated rings. The number of carbonyl (C=O) groups excluding carboxylic acids is 1. The number of hydrogen-bond donors (Lipinski definition) is 1. The molecule has 1 N–H and O–H groups in total. The van der Waals surface area contributed by atoms with E-state index >= 15 is 0 Å². The number of likely N-dealkylation sites (tertiary alicyclic amines) is 1. The lowest BCUT2D eigenvalue weighted by Crippen LogP contribution is -2.39. The number of nitrogens with zero attached hydrogens (tertiary/aromatic N) is 1. The predicted molar refractivity (Wildman–Crippen MR) is 109 cm³/mol. The molecule has 2 aromatic carbocycles. The maximum Gasteiger partial charge on any atom is 0.226 e. The Balaban J connectivity index is 1.22. The predicted octanol–water partition coefficient (Wildman–Crippen LogP) is 5.33. The number of para-hydroxylation sites is 1. The molecule has 2 atom stereocenters. The molecule has 5 rings (SSSR count). The Hall–Kier alpha value is -2.26. The third-order valence-electron chi connectivity index (χ3n) is 6.21. The summed E-state index contributed by atoms with van der Waals surface area (Å²) in [6, 6.07) is 18.6. The highest BCUT2D eigenvalue weighted by Crippen LogP contribution is 2.50. The van der Waals surface area contributed by atoms with Crippen LogP contribution < -0.4 is 0 Å². The summed E-state index contributed by atoms with van der Waals surface area (Å²) in [5.74, 6) is 1.25. The van der Waals surface area contributed by atoms with E-state index in [2.05, 4.69) is 46.3 Å². The van der Waals surface area contributed by atoms with E-state index in [4.69, 9.17) is 11.6 Å². The molecular formula is C23H23ClN2O. The molecule has 27 heavy (non-hydrogen) atoms. The van der Waals surface area contributed by atoms with Gasteiger partial charge in [-0.3, -0.25) is 4.79 Å². The van der Waals surface area contributed by atoms with E-state index in [-0.39, 0.29) is 5.92 Å². The molecule has 3 nitrogen and oxygen atoms in total. The maximum absolute atomic E-state index is 12.9. The van der Waals surface area contributed by atoms with Crippen molar-refractivity contribution in [3.8, 4) is 0 Å². The van der Waals surface area contributed by atoms with Crippen molar-refractivity contribution in [1.82, 2.24) is 9.88 Å². The molecule has 1 aromatic heterocycles. The van der Waals surface area contributed by atoms with Gasteiger partial charge in [0.1, 0.15) is 0 Å². The lowest BCUT2D eigenvalue weighted by atomic mass is 9.93. The molecule has 2 heterocycles. The number of halogens is 1. The van der Waals surface area contributed by atoms with Crippen molar-refractivity contribution in [2.24, 2.45) is 5.92 Å². The number of rotatable bonds is 3. The van der Waals surface area contributed by atoms with Crippen LogP contribution in [0.5, 0.6) is 0 Å². The van der Waals surface area contributed by atoms with Crippen molar-refractivity contribution in [3.63, 3.8) is 0 Å². The highest BCUT2D eigenvalue weighted by atomic mass is 35.5. The summed E-state index contributed by atoms with van der Waals surface area (Å²) in [4.78, 5) is 18.5. The van der Waals surface area contributed by atoms with Crippen LogP contribution in [0, 0.1) is 5.92 Å². The summed E-state index contributed by atoms with van der Waals surface area (Å²) in [7, 11) is 0. The summed E-state index contributed by atoms with van der Waals surface area (Å²) in [5.41, 5.74) is 3.64. The van der Waals surface area contributed by atoms with Gasteiger partial charge >= 0.3 is 0 Å².